The molecule has 0 amide bonds. The number of benzene rings is 2. The van der Waals surface area contributed by atoms with E-state index in [2.05, 4.69) is 28.8 Å². The molecular formula is C19H15N3O. The summed E-state index contributed by atoms with van der Waals surface area (Å²) in [4.78, 5) is 24.3. The second-order valence-electron chi connectivity index (χ2n) is 5.78. The number of fused-ring (bicyclic) bond motifs is 2. The Bertz CT molecular complexity index is 1110. The van der Waals surface area contributed by atoms with Crippen LogP contribution in [0.4, 0.5) is 0 Å². The van der Waals surface area contributed by atoms with Crippen LogP contribution >= 0.6 is 0 Å². The third-order valence-electron chi connectivity index (χ3n) is 4.19. The fourth-order valence-electron chi connectivity index (χ4n) is 2.75. The van der Waals surface area contributed by atoms with Gasteiger partial charge in [-0.25, -0.2) is 4.98 Å². The van der Waals surface area contributed by atoms with Crippen LogP contribution in [-0.4, -0.2) is 15.0 Å². The maximum absolute atomic E-state index is 12.2. The van der Waals surface area contributed by atoms with E-state index in [1.54, 1.807) is 6.20 Å². The van der Waals surface area contributed by atoms with E-state index >= 15 is 0 Å². The monoisotopic (exact) mass is 301 g/mol. The van der Waals surface area contributed by atoms with Gasteiger partial charge < -0.3 is 4.98 Å². The minimum atomic E-state index is -0.111. The molecule has 0 aliphatic rings. The van der Waals surface area contributed by atoms with Crippen LogP contribution in [0.3, 0.4) is 0 Å². The lowest BCUT2D eigenvalue weighted by Crippen LogP contribution is -2.07. The van der Waals surface area contributed by atoms with E-state index in [4.69, 9.17) is 0 Å². The molecule has 0 saturated carbocycles. The van der Waals surface area contributed by atoms with Gasteiger partial charge in [0, 0.05) is 5.39 Å². The third kappa shape index (κ3) is 2.28. The summed E-state index contributed by atoms with van der Waals surface area (Å²) < 4.78 is 0. The molecule has 1 N–H and O–H groups in total. The van der Waals surface area contributed by atoms with Crippen molar-refractivity contribution >= 4 is 21.8 Å². The van der Waals surface area contributed by atoms with Crippen molar-refractivity contribution in [2.75, 3.05) is 0 Å². The highest BCUT2D eigenvalue weighted by Gasteiger charge is 2.07. The van der Waals surface area contributed by atoms with E-state index in [-0.39, 0.29) is 5.56 Å². The molecule has 0 fully saturated rings. The Labute approximate surface area is 132 Å². The van der Waals surface area contributed by atoms with Gasteiger partial charge in [-0.15, -0.1) is 0 Å². The summed E-state index contributed by atoms with van der Waals surface area (Å²) in [7, 11) is 0. The fourth-order valence-corrected chi connectivity index (χ4v) is 2.75. The van der Waals surface area contributed by atoms with Crippen LogP contribution in [0.15, 0.2) is 53.5 Å². The summed E-state index contributed by atoms with van der Waals surface area (Å²) in [5.41, 5.74) is 5.30. The van der Waals surface area contributed by atoms with Gasteiger partial charge in [-0.05, 0) is 54.6 Å². The first-order valence-electron chi connectivity index (χ1n) is 7.48. The van der Waals surface area contributed by atoms with Gasteiger partial charge in [0.25, 0.3) is 5.56 Å². The Morgan fingerprint density at radius 2 is 1.70 bits per heavy atom. The van der Waals surface area contributed by atoms with E-state index in [1.165, 1.54) is 11.1 Å². The smallest absolute Gasteiger partial charge is 0.256 e. The summed E-state index contributed by atoms with van der Waals surface area (Å²) in [6.45, 7) is 4.12. The van der Waals surface area contributed by atoms with Gasteiger partial charge in [0.15, 0.2) is 0 Å². The highest BCUT2D eigenvalue weighted by molar-refractivity contribution is 5.85. The highest BCUT2D eigenvalue weighted by Crippen LogP contribution is 2.21. The Kier molecular flexibility index (Phi) is 2.98. The van der Waals surface area contributed by atoms with Crippen molar-refractivity contribution in [1.82, 2.24) is 15.0 Å². The number of aryl methyl sites for hydroxylation is 2. The minimum Gasteiger partial charge on any atom is -0.320 e. The molecule has 0 bridgehead atoms. The number of nitrogens with one attached hydrogen (secondary N) is 1. The second-order valence-corrected chi connectivity index (χ2v) is 5.78. The Balaban J connectivity index is 1.95. The number of pyridine rings is 1. The van der Waals surface area contributed by atoms with Gasteiger partial charge in [-0.3, -0.25) is 9.78 Å². The largest absolute Gasteiger partial charge is 0.320 e. The zero-order chi connectivity index (χ0) is 16.0. The van der Waals surface area contributed by atoms with Crippen molar-refractivity contribution in [3.05, 3.63) is 70.1 Å². The Morgan fingerprint density at radius 3 is 2.52 bits per heavy atom. The molecule has 0 spiro atoms. The molecule has 4 heteroatoms. The SMILES string of the molecule is Cc1cc2ncc(-c3cc4ccccc4c(=O)[nH]3)nc2cc1C. The molecule has 4 rings (SSSR count). The second kappa shape index (κ2) is 5.02. The Hall–Kier alpha value is -3.01. The van der Waals surface area contributed by atoms with Crippen LogP contribution in [-0.2, 0) is 0 Å². The molecule has 4 nitrogen and oxygen atoms in total. The summed E-state index contributed by atoms with van der Waals surface area (Å²) in [5.74, 6) is 0. The molecule has 0 saturated heterocycles. The van der Waals surface area contributed by atoms with Crippen LogP contribution in [0.25, 0.3) is 33.2 Å². The molecule has 4 aromatic rings. The third-order valence-corrected chi connectivity index (χ3v) is 4.19. The average Bonchev–Trinajstić information content (AvgIpc) is 2.55. The van der Waals surface area contributed by atoms with Gasteiger partial charge in [0.1, 0.15) is 5.69 Å². The van der Waals surface area contributed by atoms with Crippen LogP contribution in [0, 0.1) is 13.8 Å². The molecule has 2 aromatic heterocycles. The lowest BCUT2D eigenvalue weighted by atomic mass is 10.1. The van der Waals surface area contributed by atoms with E-state index in [0.29, 0.717) is 16.8 Å². The first-order chi connectivity index (χ1) is 11.1. The normalized spacial score (nSPS) is 11.2. The zero-order valence-electron chi connectivity index (χ0n) is 12.9. The predicted molar refractivity (Wildman–Crippen MR) is 92.6 cm³/mol. The number of nitrogens with zero attached hydrogens (tertiary/aromatic N) is 2. The van der Waals surface area contributed by atoms with Crippen molar-refractivity contribution < 1.29 is 0 Å². The van der Waals surface area contributed by atoms with Crippen molar-refractivity contribution in [3.63, 3.8) is 0 Å². The number of aromatic nitrogens is 3. The Morgan fingerprint density at radius 1 is 0.957 bits per heavy atom. The van der Waals surface area contributed by atoms with E-state index < -0.39 is 0 Å². The number of aromatic amines is 1. The molecule has 2 heterocycles. The van der Waals surface area contributed by atoms with E-state index in [1.807, 2.05) is 42.5 Å². The predicted octanol–water partition coefficient (Wildman–Crippen LogP) is 3.76. The lowest BCUT2D eigenvalue weighted by molar-refractivity contribution is 1.21. The van der Waals surface area contributed by atoms with E-state index in [0.717, 1.165) is 16.4 Å². The van der Waals surface area contributed by atoms with Crippen molar-refractivity contribution in [3.8, 4) is 11.4 Å². The van der Waals surface area contributed by atoms with Crippen molar-refractivity contribution in [2.45, 2.75) is 13.8 Å². The number of rotatable bonds is 1. The first-order valence-corrected chi connectivity index (χ1v) is 7.48. The summed E-state index contributed by atoms with van der Waals surface area (Å²) >= 11 is 0. The average molecular weight is 301 g/mol. The lowest BCUT2D eigenvalue weighted by Gasteiger charge is -2.06. The molecule has 2 aromatic carbocycles. The molecule has 0 atom stereocenters. The topological polar surface area (TPSA) is 58.6 Å². The maximum Gasteiger partial charge on any atom is 0.256 e. The summed E-state index contributed by atoms with van der Waals surface area (Å²) in [5, 5.41) is 1.57. The molecule has 0 aliphatic heterocycles. The molecular weight excluding hydrogens is 286 g/mol. The van der Waals surface area contributed by atoms with Gasteiger partial charge >= 0.3 is 0 Å². The summed E-state index contributed by atoms with van der Waals surface area (Å²) in [6.07, 6.45) is 1.71. The van der Waals surface area contributed by atoms with Gasteiger partial charge in [0.05, 0.1) is 22.9 Å². The van der Waals surface area contributed by atoms with Crippen LogP contribution in [0.5, 0.6) is 0 Å². The van der Waals surface area contributed by atoms with Crippen LogP contribution in [0.2, 0.25) is 0 Å². The molecule has 0 radical (unpaired) electrons. The van der Waals surface area contributed by atoms with Crippen molar-refractivity contribution in [2.24, 2.45) is 0 Å². The summed E-state index contributed by atoms with van der Waals surface area (Å²) in [6, 6.07) is 13.5. The van der Waals surface area contributed by atoms with Gasteiger partial charge in [-0.1, -0.05) is 18.2 Å². The minimum absolute atomic E-state index is 0.111. The van der Waals surface area contributed by atoms with Crippen LogP contribution in [0.1, 0.15) is 11.1 Å². The van der Waals surface area contributed by atoms with Crippen LogP contribution < -0.4 is 5.56 Å². The quantitative estimate of drug-likeness (QED) is 0.582. The number of hydrogen-bond donors (Lipinski definition) is 1. The first kappa shape index (κ1) is 13.6. The molecule has 0 aliphatic carbocycles. The highest BCUT2D eigenvalue weighted by atomic mass is 16.1. The standard InChI is InChI=1S/C19H15N3O/c1-11-7-15-16(8-12(11)2)21-18(10-20-15)17-9-13-5-3-4-6-14(13)19(23)22-17/h3-10H,1-2H3,(H,22,23). The molecule has 23 heavy (non-hydrogen) atoms. The number of hydrogen-bond acceptors (Lipinski definition) is 3. The molecule has 0 unspecified atom stereocenters. The zero-order valence-corrected chi connectivity index (χ0v) is 12.9. The van der Waals surface area contributed by atoms with Gasteiger partial charge in [-0.2, -0.15) is 0 Å². The van der Waals surface area contributed by atoms with Crippen molar-refractivity contribution in [1.29, 1.82) is 0 Å². The molecule has 112 valence electrons. The fraction of sp³-hybridized carbons (Fsp3) is 0.105. The van der Waals surface area contributed by atoms with E-state index in [9.17, 15) is 4.79 Å². The van der Waals surface area contributed by atoms with Gasteiger partial charge in [0.2, 0.25) is 0 Å². The number of H-pyrrole nitrogens is 1. The maximum atomic E-state index is 12.2.